The van der Waals surface area contributed by atoms with Gasteiger partial charge in [0.25, 0.3) is 5.91 Å². The van der Waals surface area contributed by atoms with Gasteiger partial charge in [0.1, 0.15) is 10.8 Å². The Morgan fingerprint density at radius 1 is 0.903 bits per heavy atom. The number of halogens is 1. The number of aromatic nitrogens is 2. The number of hydrogen-bond acceptors (Lipinski definition) is 5. The van der Waals surface area contributed by atoms with Crippen molar-refractivity contribution in [3.63, 3.8) is 0 Å². The molecule has 0 aliphatic rings. The molecule has 7 heteroatoms. The second-order valence-corrected chi connectivity index (χ2v) is 7.75. The molecule has 1 aromatic heterocycles. The zero-order valence-electron chi connectivity index (χ0n) is 16.9. The zero-order chi connectivity index (χ0) is 21.6. The van der Waals surface area contributed by atoms with Crippen molar-refractivity contribution in [2.75, 3.05) is 25.2 Å². The van der Waals surface area contributed by atoms with Gasteiger partial charge >= 0.3 is 0 Å². The van der Waals surface area contributed by atoms with Crippen molar-refractivity contribution in [2.45, 2.75) is 0 Å². The maximum absolute atomic E-state index is 13.2. The number of anilines is 1. The van der Waals surface area contributed by atoms with Gasteiger partial charge in [0.15, 0.2) is 0 Å². The van der Waals surface area contributed by atoms with Gasteiger partial charge in [0, 0.05) is 18.2 Å². The molecule has 0 unspecified atom stereocenters. The van der Waals surface area contributed by atoms with Gasteiger partial charge < -0.3 is 4.74 Å². The summed E-state index contributed by atoms with van der Waals surface area (Å²) in [5, 5.41) is 9.47. The van der Waals surface area contributed by atoms with Crippen LogP contribution in [0.2, 0.25) is 0 Å². The van der Waals surface area contributed by atoms with E-state index in [0.29, 0.717) is 28.9 Å². The van der Waals surface area contributed by atoms with Crippen LogP contribution in [0.5, 0.6) is 0 Å². The van der Waals surface area contributed by atoms with Gasteiger partial charge in [-0.3, -0.25) is 9.69 Å². The number of nitrogens with zero attached hydrogens (tertiary/aromatic N) is 3. The summed E-state index contributed by atoms with van der Waals surface area (Å²) in [4.78, 5) is 14.8. The Hall–Kier alpha value is -3.42. The Balaban J connectivity index is 1.59. The summed E-state index contributed by atoms with van der Waals surface area (Å²) < 4.78 is 18.4. The molecule has 3 aromatic carbocycles. The largest absolute Gasteiger partial charge is 0.383 e. The quantitative estimate of drug-likeness (QED) is 0.397. The summed E-state index contributed by atoms with van der Waals surface area (Å²) in [6, 6.07) is 23.5. The number of amides is 1. The van der Waals surface area contributed by atoms with E-state index in [-0.39, 0.29) is 11.7 Å². The Kier molecular flexibility index (Phi) is 6.45. The first-order valence-corrected chi connectivity index (χ1v) is 10.5. The predicted octanol–water partition coefficient (Wildman–Crippen LogP) is 5.30. The molecule has 0 fully saturated rings. The van der Waals surface area contributed by atoms with Gasteiger partial charge in [0.05, 0.1) is 13.2 Å². The van der Waals surface area contributed by atoms with Crippen molar-refractivity contribution in [1.29, 1.82) is 0 Å². The lowest BCUT2D eigenvalue weighted by Gasteiger charge is -2.19. The molecule has 1 heterocycles. The number of carbonyl (C=O) groups is 1. The third-order valence-corrected chi connectivity index (χ3v) is 5.73. The molecule has 0 spiro atoms. The Labute approximate surface area is 183 Å². The SMILES string of the molecule is COCCN(C(=O)c1ccc(-c2ccccc2)cc1)c1nnc(-c2ccc(F)cc2)s1. The maximum atomic E-state index is 13.2. The smallest absolute Gasteiger partial charge is 0.260 e. The highest BCUT2D eigenvalue weighted by Crippen LogP contribution is 2.30. The van der Waals surface area contributed by atoms with Gasteiger partial charge in [-0.1, -0.05) is 53.8 Å². The molecule has 31 heavy (non-hydrogen) atoms. The Bertz CT molecular complexity index is 1150. The van der Waals surface area contributed by atoms with Gasteiger partial charge in [0.2, 0.25) is 5.13 Å². The molecule has 156 valence electrons. The summed E-state index contributed by atoms with van der Waals surface area (Å²) in [6.45, 7) is 0.702. The summed E-state index contributed by atoms with van der Waals surface area (Å²) in [6.07, 6.45) is 0. The summed E-state index contributed by atoms with van der Waals surface area (Å²) in [7, 11) is 1.58. The number of ether oxygens (including phenoxy) is 1. The molecule has 0 saturated carbocycles. The van der Waals surface area contributed by atoms with Crippen molar-refractivity contribution in [3.8, 4) is 21.7 Å². The fourth-order valence-corrected chi connectivity index (χ4v) is 3.97. The van der Waals surface area contributed by atoms with Crippen LogP contribution in [0.4, 0.5) is 9.52 Å². The molecule has 5 nitrogen and oxygen atoms in total. The normalized spacial score (nSPS) is 10.8. The number of carbonyl (C=O) groups excluding carboxylic acids is 1. The topological polar surface area (TPSA) is 55.3 Å². The average molecular weight is 434 g/mol. The highest BCUT2D eigenvalue weighted by Gasteiger charge is 2.22. The second-order valence-electron chi connectivity index (χ2n) is 6.79. The van der Waals surface area contributed by atoms with E-state index in [1.807, 2.05) is 54.6 Å². The van der Waals surface area contributed by atoms with E-state index in [4.69, 9.17) is 4.74 Å². The maximum Gasteiger partial charge on any atom is 0.260 e. The molecular formula is C24H20FN3O2S. The number of hydrogen-bond donors (Lipinski definition) is 0. The molecule has 1 amide bonds. The molecule has 0 atom stereocenters. The minimum Gasteiger partial charge on any atom is -0.383 e. The molecule has 0 aliphatic carbocycles. The van der Waals surface area contributed by atoms with Crippen LogP contribution in [0.15, 0.2) is 78.9 Å². The van der Waals surface area contributed by atoms with Crippen molar-refractivity contribution in [1.82, 2.24) is 10.2 Å². The fourth-order valence-electron chi connectivity index (χ4n) is 3.09. The highest BCUT2D eigenvalue weighted by molar-refractivity contribution is 7.18. The van der Waals surface area contributed by atoms with Gasteiger partial charge in [-0.2, -0.15) is 0 Å². The lowest BCUT2D eigenvalue weighted by atomic mass is 10.0. The molecular weight excluding hydrogens is 413 g/mol. The second kappa shape index (κ2) is 9.59. The van der Waals surface area contributed by atoms with E-state index >= 15 is 0 Å². The van der Waals surface area contributed by atoms with Gasteiger partial charge in [-0.25, -0.2) is 4.39 Å². The van der Waals surface area contributed by atoms with E-state index in [1.54, 1.807) is 24.1 Å². The van der Waals surface area contributed by atoms with Crippen LogP contribution in [-0.2, 0) is 4.74 Å². The lowest BCUT2D eigenvalue weighted by Crippen LogP contribution is -2.33. The lowest BCUT2D eigenvalue weighted by molar-refractivity contribution is 0.0975. The highest BCUT2D eigenvalue weighted by atomic mass is 32.1. The van der Waals surface area contributed by atoms with Gasteiger partial charge in [-0.15, -0.1) is 10.2 Å². The summed E-state index contributed by atoms with van der Waals surface area (Å²) >= 11 is 1.28. The number of benzene rings is 3. The first kappa shape index (κ1) is 20.8. The average Bonchev–Trinajstić information content (AvgIpc) is 3.30. The van der Waals surface area contributed by atoms with E-state index in [9.17, 15) is 9.18 Å². The van der Waals surface area contributed by atoms with Crippen LogP contribution in [0.3, 0.4) is 0 Å². The molecule has 0 aliphatic heterocycles. The first-order valence-electron chi connectivity index (χ1n) is 9.71. The molecule has 0 saturated heterocycles. The van der Waals surface area contributed by atoms with Crippen molar-refractivity contribution >= 4 is 22.4 Å². The van der Waals surface area contributed by atoms with E-state index in [2.05, 4.69) is 10.2 Å². The summed E-state index contributed by atoms with van der Waals surface area (Å²) in [5.74, 6) is -0.497. The monoisotopic (exact) mass is 433 g/mol. The number of rotatable bonds is 7. The minimum absolute atomic E-state index is 0.182. The minimum atomic E-state index is -0.315. The Morgan fingerprint density at radius 2 is 1.55 bits per heavy atom. The molecule has 0 radical (unpaired) electrons. The Morgan fingerprint density at radius 3 is 2.23 bits per heavy atom. The van der Waals surface area contributed by atoms with Crippen LogP contribution in [0.1, 0.15) is 10.4 Å². The van der Waals surface area contributed by atoms with Crippen LogP contribution < -0.4 is 4.90 Å². The fraction of sp³-hybridized carbons (Fsp3) is 0.125. The van der Waals surface area contributed by atoms with Crippen LogP contribution >= 0.6 is 11.3 Å². The third-order valence-electron chi connectivity index (χ3n) is 4.74. The van der Waals surface area contributed by atoms with Crippen LogP contribution in [0, 0.1) is 5.82 Å². The van der Waals surface area contributed by atoms with E-state index < -0.39 is 0 Å². The van der Waals surface area contributed by atoms with Crippen LogP contribution in [-0.4, -0.2) is 36.4 Å². The summed E-state index contributed by atoms with van der Waals surface area (Å²) in [5.41, 5.74) is 3.42. The zero-order valence-corrected chi connectivity index (χ0v) is 17.7. The number of methoxy groups -OCH3 is 1. The molecule has 0 N–H and O–H groups in total. The molecule has 4 rings (SSSR count). The van der Waals surface area contributed by atoms with E-state index in [0.717, 1.165) is 16.7 Å². The van der Waals surface area contributed by atoms with Crippen molar-refractivity contribution in [2.24, 2.45) is 0 Å². The predicted molar refractivity (Wildman–Crippen MR) is 121 cm³/mol. The standard InChI is InChI=1S/C24H20FN3O2S/c1-30-16-15-28(24-27-26-22(31-24)19-11-13-21(25)14-12-19)23(29)20-9-7-18(8-10-20)17-5-3-2-4-6-17/h2-14H,15-16H2,1H3. The third kappa shape index (κ3) is 4.84. The molecule has 4 aromatic rings. The van der Waals surface area contributed by atoms with Crippen molar-refractivity contribution in [3.05, 3.63) is 90.2 Å². The van der Waals surface area contributed by atoms with E-state index in [1.165, 1.54) is 23.5 Å². The first-order chi connectivity index (χ1) is 15.2. The van der Waals surface area contributed by atoms with Gasteiger partial charge in [-0.05, 0) is 47.5 Å². The van der Waals surface area contributed by atoms with Crippen LogP contribution in [0.25, 0.3) is 21.7 Å². The van der Waals surface area contributed by atoms with Crippen molar-refractivity contribution < 1.29 is 13.9 Å². The molecule has 0 bridgehead atoms.